The Morgan fingerprint density at radius 2 is 2.27 bits per heavy atom. The van der Waals surface area contributed by atoms with E-state index in [0.717, 1.165) is 5.92 Å². The Kier molecular flexibility index (Phi) is 3.45. The van der Waals surface area contributed by atoms with Crippen molar-refractivity contribution in [1.29, 1.82) is 0 Å². The molecule has 0 N–H and O–H groups in total. The van der Waals surface area contributed by atoms with Crippen molar-refractivity contribution in [2.45, 2.75) is 45.4 Å². The van der Waals surface area contributed by atoms with Crippen molar-refractivity contribution in [1.82, 2.24) is 0 Å². The fraction of sp³-hybridized carbons (Fsp3) is 0.769. The van der Waals surface area contributed by atoms with E-state index in [1.165, 1.54) is 44.1 Å². The highest BCUT2D eigenvalue weighted by molar-refractivity contribution is 5.85. The molecule has 84 valence electrons. The van der Waals surface area contributed by atoms with E-state index in [2.05, 4.69) is 6.92 Å². The Morgan fingerprint density at radius 1 is 1.40 bits per heavy atom. The van der Waals surface area contributed by atoms with Crippen LogP contribution < -0.4 is 0 Å². The minimum atomic E-state index is -0.137. The maximum Gasteiger partial charge on any atom is 0.331 e. The second-order valence-electron chi connectivity index (χ2n) is 4.78. The second kappa shape index (κ2) is 4.82. The van der Waals surface area contributed by atoms with Crippen molar-refractivity contribution in [3.05, 3.63) is 11.6 Å². The molecular formula is C13H20O2. The van der Waals surface area contributed by atoms with Crippen LogP contribution >= 0.6 is 0 Å². The van der Waals surface area contributed by atoms with Crippen LogP contribution in [0.4, 0.5) is 0 Å². The highest BCUT2D eigenvalue weighted by atomic mass is 16.5. The average molecular weight is 208 g/mol. The lowest BCUT2D eigenvalue weighted by molar-refractivity contribution is -0.134. The molecule has 2 nitrogen and oxygen atoms in total. The molecule has 0 spiro atoms. The molecular weight excluding hydrogens is 188 g/mol. The first-order valence-electron chi connectivity index (χ1n) is 6.18. The fourth-order valence-corrected chi connectivity index (χ4v) is 2.46. The molecule has 0 aromatic rings. The monoisotopic (exact) mass is 208 g/mol. The number of ether oxygens (including phenoxy) is 1. The van der Waals surface area contributed by atoms with Crippen LogP contribution in [0.1, 0.15) is 45.4 Å². The lowest BCUT2D eigenvalue weighted by Crippen LogP contribution is -1.94. The van der Waals surface area contributed by atoms with Gasteiger partial charge in [-0.2, -0.15) is 0 Å². The van der Waals surface area contributed by atoms with Gasteiger partial charge < -0.3 is 4.74 Å². The molecule has 1 heterocycles. The van der Waals surface area contributed by atoms with Gasteiger partial charge >= 0.3 is 5.97 Å². The Hall–Kier alpha value is -0.790. The lowest BCUT2D eigenvalue weighted by atomic mass is 10.1. The summed E-state index contributed by atoms with van der Waals surface area (Å²) in [5, 5.41) is 0. The van der Waals surface area contributed by atoms with Gasteiger partial charge in [-0.25, -0.2) is 4.79 Å². The molecule has 0 saturated heterocycles. The number of cyclic esters (lactones) is 1. The van der Waals surface area contributed by atoms with Crippen molar-refractivity contribution < 1.29 is 9.53 Å². The van der Waals surface area contributed by atoms with Crippen molar-refractivity contribution in [2.75, 3.05) is 6.61 Å². The zero-order valence-corrected chi connectivity index (χ0v) is 9.50. The van der Waals surface area contributed by atoms with Crippen molar-refractivity contribution in [3.63, 3.8) is 0 Å². The van der Waals surface area contributed by atoms with Crippen molar-refractivity contribution in [3.8, 4) is 0 Å². The Labute approximate surface area is 91.7 Å². The van der Waals surface area contributed by atoms with Gasteiger partial charge in [-0.05, 0) is 30.3 Å². The van der Waals surface area contributed by atoms with Crippen molar-refractivity contribution >= 4 is 5.97 Å². The molecule has 2 heteroatoms. The summed E-state index contributed by atoms with van der Waals surface area (Å²) in [5.74, 6) is 1.39. The predicted molar refractivity (Wildman–Crippen MR) is 59.4 cm³/mol. The first-order valence-corrected chi connectivity index (χ1v) is 6.18. The van der Waals surface area contributed by atoms with Crippen LogP contribution in [-0.4, -0.2) is 12.6 Å². The number of carbonyl (C=O) groups excluding carboxylic acids is 1. The predicted octanol–water partition coefficient (Wildman–Crippen LogP) is 3.08. The molecule has 0 amide bonds. The minimum Gasteiger partial charge on any atom is -0.458 e. The second-order valence-corrected chi connectivity index (χ2v) is 4.78. The van der Waals surface area contributed by atoms with Gasteiger partial charge in [0.1, 0.15) is 6.61 Å². The van der Waals surface area contributed by atoms with Gasteiger partial charge in [0.05, 0.1) is 0 Å². The molecule has 0 bridgehead atoms. The van der Waals surface area contributed by atoms with Crippen LogP contribution in [0, 0.1) is 11.8 Å². The number of hydrogen-bond donors (Lipinski definition) is 0. The summed E-state index contributed by atoms with van der Waals surface area (Å²) in [7, 11) is 0. The van der Waals surface area contributed by atoms with Gasteiger partial charge in [-0.15, -0.1) is 0 Å². The third kappa shape index (κ3) is 2.83. The largest absolute Gasteiger partial charge is 0.458 e. The standard InChI is InChI=1S/C13H20O2/c1-2-3-4-5-6-10-7-12(10)11-8-13(14)15-9-11/h8,10,12H,2-7,9H2,1H3. The smallest absolute Gasteiger partial charge is 0.331 e. The molecule has 0 aromatic carbocycles. The van der Waals surface area contributed by atoms with E-state index in [0.29, 0.717) is 12.5 Å². The minimum absolute atomic E-state index is 0.137. The van der Waals surface area contributed by atoms with Gasteiger partial charge in [-0.3, -0.25) is 0 Å². The van der Waals surface area contributed by atoms with Gasteiger partial charge in [0.25, 0.3) is 0 Å². The summed E-state index contributed by atoms with van der Waals surface area (Å²) in [5.41, 5.74) is 1.25. The molecule has 2 unspecified atom stereocenters. The van der Waals surface area contributed by atoms with E-state index in [9.17, 15) is 4.79 Å². The van der Waals surface area contributed by atoms with Crippen molar-refractivity contribution in [2.24, 2.45) is 11.8 Å². The summed E-state index contributed by atoms with van der Waals surface area (Å²) in [4.78, 5) is 10.9. The van der Waals surface area contributed by atoms with Crippen LogP contribution in [0.2, 0.25) is 0 Å². The zero-order chi connectivity index (χ0) is 10.7. The Morgan fingerprint density at radius 3 is 2.93 bits per heavy atom. The van der Waals surface area contributed by atoms with E-state index in [4.69, 9.17) is 4.74 Å². The molecule has 1 aliphatic carbocycles. The van der Waals surface area contributed by atoms with Crippen LogP contribution in [0.25, 0.3) is 0 Å². The highest BCUT2D eigenvalue weighted by Gasteiger charge is 2.40. The number of carbonyl (C=O) groups is 1. The van der Waals surface area contributed by atoms with Gasteiger partial charge in [-0.1, -0.05) is 32.6 Å². The molecule has 2 atom stereocenters. The quantitative estimate of drug-likeness (QED) is 0.495. The number of hydrogen-bond acceptors (Lipinski definition) is 2. The summed E-state index contributed by atoms with van der Waals surface area (Å²) >= 11 is 0. The number of rotatable bonds is 6. The van der Waals surface area contributed by atoms with E-state index in [-0.39, 0.29) is 5.97 Å². The first-order chi connectivity index (χ1) is 7.31. The summed E-state index contributed by atoms with van der Waals surface area (Å²) in [6.45, 7) is 2.81. The lowest BCUT2D eigenvalue weighted by Gasteiger charge is -2.00. The molecule has 1 fully saturated rings. The van der Waals surface area contributed by atoms with Crippen LogP contribution in [0.5, 0.6) is 0 Å². The third-order valence-corrected chi connectivity index (χ3v) is 3.51. The molecule has 1 aliphatic heterocycles. The maximum absolute atomic E-state index is 10.9. The van der Waals surface area contributed by atoms with E-state index >= 15 is 0 Å². The fourth-order valence-electron chi connectivity index (χ4n) is 2.46. The molecule has 2 aliphatic rings. The molecule has 15 heavy (non-hydrogen) atoms. The Balaban J connectivity index is 1.64. The maximum atomic E-state index is 10.9. The van der Waals surface area contributed by atoms with Crippen LogP contribution in [-0.2, 0) is 9.53 Å². The first kappa shape index (κ1) is 10.7. The zero-order valence-electron chi connectivity index (χ0n) is 9.50. The normalized spacial score (nSPS) is 28.9. The molecule has 0 radical (unpaired) electrons. The number of unbranched alkanes of at least 4 members (excludes halogenated alkanes) is 3. The van der Waals surface area contributed by atoms with E-state index < -0.39 is 0 Å². The van der Waals surface area contributed by atoms with Gasteiger partial charge in [0.15, 0.2) is 0 Å². The summed E-state index contributed by atoms with van der Waals surface area (Å²) in [6.07, 6.45) is 9.73. The molecule has 2 rings (SSSR count). The molecule has 1 saturated carbocycles. The van der Waals surface area contributed by atoms with Gasteiger partial charge in [0, 0.05) is 6.08 Å². The summed E-state index contributed by atoms with van der Waals surface area (Å²) in [6, 6.07) is 0. The molecule has 0 aromatic heterocycles. The average Bonchev–Trinajstić information content (AvgIpc) is 2.88. The summed E-state index contributed by atoms with van der Waals surface area (Å²) < 4.78 is 4.93. The Bertz CT molecular complexity index is 268. The SMILES string of the molecule is CCCCCCC1CC1C1=CC(=O)OC1. The number of esters is 1. The van der Waals surface area contributed by atoms with E-state index in [1.807, 2.05) is 0 Å². The van der Waals surface area contributed by atoms with Crippen LogP contribution in [0.15, 0.2) is 11.6 Å². The topological polar surface area (TPSA) is 26.3 Å². The third-order valence-electron chi connectivity index (χ3n) is 3.51. The van der Waals surface area contributed by atoms with E-state index in [1.54, 1.807) is 6.08 Å². The van der Waals surface area contributed by atoms with Crippen LogP contribution in [0.3, 0.4) is 0 Å². The highest BCUT2D eigenvalue weighted by Crippen LogP contribution is 2.48. The van der Waals surface area contributed by atoms with Gasteiger partial charge in [0.2, 0.25) is 0 Å².